The van der Waals surface area contributed by atoms with E-state index < -0.39 is 0 Å². The highest BCUT2D eigenvalue weighted by atomic mass is 16.5. The first-order valence-corrected chi connectivity index (χ1v) is 6.38. The third kappa shape index (κ3) is 2.35. The van der Waals surface area contributed by atoms with Crippen LogP contribution in [0.2, 0.25) is 0 Å². The van der Waals surface area contributed by atoms with E-state index >= 15 is 0 Å². The van der Waals surface area contributed by atoms with E-state index in [1.54, 1.807) is 30.5 Å². The van der Waals surface area contributed by atoms with Gasteiger partial charge in [-0.05, 0) is 43.3 Å². The van der Waals surface area contributed by atoms with E-state index in [2.05, 4.69) is 16.0 Å². The first-order valence-electron chi connectivity index (χ1n) is 6.38. The molecule has 0 unspecified atom stereocenters. The number of ether oxygens (including phenoxy) is 1. The Morgan fingerprint density at radius 2 is 2.05 bits per heavy atom. The molecule has 0 spiro atoms. The van der Waals surface area contributed by atoms with Gasteiger partial charge in [0, 0.05) is 17.3 Å². The molecule has 21 heavy (non-hydrogen) atoms. The van der Waals surface area contributed by atoms with Crippen molar-refractivity contribution in [2.24, 2.45) is 0 Å². The van der Waals surface area contributed by atoms with Crippen molar-refractivity contribution in [2.45, 2.75) is 6.92 Å². The van der Waals surface area contributed by atoms with E-state index in [0.29, 0.717) is 22.5 Å². The van der Waals surface area contributed by atoms with Gasteiger partial charge in [-0.2, -0.15) is 5.26 Å². The van der Waals surface area contributed by atoms with E-state index in [-0.39, 0.29) is 5.88 Å². The van der Waals surface area contributed by atoms with Crippen molar-refractivity contribution in [3.8, 4) is 17.7 Å². The first-order chi connectivity index (χ1) is 10.2. The Hall–Kier alpha value is -3.13. The van der Waals surface area contributed by atoms with Crippen LogP contribution in [-0.2, 0) is 0 Å². The minimum atomic E-state index is 0.285. The van der Waals surface area contributed by atoms with Crippen LogP contribution >= 0.6 is 0 Å². The lowest BCUT2D eigenvalue weighted by Gasteiger charge is -2.10. The third-order valence-electron chi connectivity index (χ3n) is 3.09. The second kappa shape index (κ2) is 5.10. The van der Waals surface area contributed by atoms with Gasteiger partial charge in [-0.15, -0.1) is 0 Å². The average molecular weight is 276 g/mol. The Labute approximate surface area is 121 Å². The summed E-state index contributed by atoms with van der Waals surface area (Å²) in [7, 11) is 0. The standard InChI is InChI=1S/C16H12N4O/c1-10-4-5-11(9-17)16(20-10)21-14-7-6-13(18)15-12(14)3-2-8-19-15/h2-8H,18H2,1H3. The number of hydrogen-bond acceptors (Lipinski definition) is 5. The topological polar surface area (TPSA) is 84.8 Å². The molecular weight excluding hydrogens is 264 g/mol. The van der Waals surface area contributed by atoms with E-state index in [1.807, 2.05) is 19.1 Å². The average Bonchev–Trinajstić information content (AvgIpc) is 2.51. The van der Waals surface area contributed by atoms with Crippen LogP contribution in [0, 0.1) is 18.3 Å². The van der Waals surface area contributed by atoms with Crippen molar-refractivity contribution in [2.75, 3.05) is 5.73 Å². The SMILES string of the molecule is Cc1ccc(C#N)c(Oc2ccc(N)c3ncccc23)n1. The van der Waals surface area contributed by atoms with Crippen LogP contribution in [0.25, 0.3) is 10.9 Å². The van der Waals surface area contributed by atoms with Crippen molar-refractivity contribution in [1.82, 2.24) is 9.97 Å². The molecule has 0 bridgehead atoms. The quantitative estimate of drug-likeness (QED) is 0.726. The number of rotatable bonds is 2. The lowest BCUT2D eigenvalue weighted by Crippen LogP contribution is -1.96. The number of fused-ring (bicyclic) bond motifs is 1. The normalized spacial score (nSPS) is 10.3. The summed E-state index contributed by atoms with van der Waals surface area (Å²) < 4.78 is 5.82. The fourth-order valence-corrected chi connectivity index (χ4v) is 2.06. The van der Waals surface area contributed by atoms with Gasteiger partial charge in [0.05, 0.1) is 11.2 Å². The van der Waals surface area contributed by atoms with Crippen LogP contribution in [0.3, 0.4) is 0 Å². The van der Waals surface area contributed by atoms with Gasteiger partial charge in [-0.3, -0.25) is 4.98 Å². The number of aryl methyl sites for hydroxylation is 1. The number of nitrogens with zero attached hydrogens (tertiary/aromatic N) is 3. The molecule has 2 aromatic heterocycles. The second-order valence-corrected chi connectivity index (χ2v) is 4.57. The number of aromatic nitrogens is 2. The van der Waals surface area contributed by atoms with Crippen molar-refractivity contribution < 1.29 is 4.74 Å². The van der Waals surface area contributed by atoms with E-state index in [4.69, 9.17) is 15.7 Å². The molecule has 2 heterocycles. The number of hydrogen-bond donors (Lipinski definition) is 1. The van der Waals surface area contributed by atoms with E-state index in [9.17, 15) is 0 Å². The van der Waals surface area contributed by atoms with Crippen molar-refractivity contribution >= 4 is 16.6 Å². The monoisotopic (exact) mass is 276 g/mol. The lowest BCUT2D eigenvalue weighted by molar-refractivity contribution is 0.465. The van der Waals surface area contributed by atoms with Crippen LogP contribution in [0.1, 0.15) is 11.3 Å². The molecule has 0 aliphatic carbocycles. The molecule has 0 saturated heterocycles. The zero-order valence-electron chi connectivity index (χ0n) is 11.4. The number of pyridine rings is 2. The molecule has 0 amide bonds. The largest absolute Gasteiger partial charge is 0.437 e. The minimum Gasteiger partial charge on any atom is -0.437 e. The van der Waals surface area contributed by atoms with Crippen LogP contribution in [-0.4, -0.2) is 9.97 Å². The number of anilines is 1. The molecule has 0 saturated carbocycles. The summed E-state index contributed by atoms with van der Waals surface area (Å²) in [5.74, 6) is 0.856. The lowest BCUT2D eigenvalue weighted by atomic mass is 10.1. The minimum absolute atomic E-state index is 0.285. The smallest absolute Gasteiger partial charge is 0.237 e. The van der Waals surface area contributed by atoms with Crippen molar-refractivity contribution in [3.05, 3.63) is 53.9 Å². The van der Waals surface area contributed by atoms with Crippen LogP contribution in [0.15, 0.2) is 42.6 Å². The van der Waals surface area contributed by atoms with Crippen LogP contribution in [0.4, 0.5) is 5.69 Å². The van der Waals surface area contributed by atoms with Gasteiger partial charge < -0.3 is 10.5 Å². The molecular formula is C16H12N4O. The molecule has 1 aromatic carbocycles. The van der Waals surface area contributed by atoms with Gasteiger partial charge >= 0.3 is 0 Å². The highest BCUT2D eigenvalue weighted by Crippen LogP contribution is 2.32. The summed E-state index contributed by atoms with van der Waals surface area (Å²) in [5, 5.41) is 9.92. The molecule has 102 valence electrons. The fraction of sp³-hybridized carbons (Fsp3) is 0.0625. The van der Waals surface area contributed by atoms with Gasteiger partial charge in [0.15, 0.2) is 0 Å². The zero-order chi connectivity index (χ0) is 14.8. The molecule has 5 heteroatoms. The Kier molecular flexibility index (Phi) is 3.13. The highest BCUT2D eigenvalue weighted by molar-refractivity contribution is 5.93. The first kappa shape index (κ1) is 12.9. The summed E-state index contributed by atoms with van der Waals surface area (Å²) in [6.45, 7) is 1.84. The Balaban J connectivity index is 2.13. The Morgan fingerprint density at radius 3 is 2.86 bits per heavy atom. The van der Waals surface area contributed by atoms with Crippen molar-refractivity contribution in [1.29, 1.82) is 5.26 Å². The predicted octanol–water partition coefficient (Wildman–Crippen LogP) is 3.18. The highest BCUT2D eigenvalue weighted by Gasteiger charge is 2.11. The van der Waals surface area contributed by atoms with Crippen molar-refractivity contribution in [3.63, 3.8) is 0 Å². The predicted molar refractivity (Wildman–Crippen MR) is 79.9 cm³/mol. The van der Waals surface area contributed by atoms with Gasteiger partial charge in [0.2, 0.25) is 5.88 Å². The molecule has 0 fully saturated rings. The van der Waals surface area contributed by atoms with Gasteiger partial charge in [-0.25, -0.2) is 4.98 Å². The second-order valence-electron chi connectivity index (χ2n) is 4.57. The fourth-order valence-electron chi connectivity index (χ4n) is 2.06. The van der Waals surface area contributed by atoms with Gasteiger partial charge in [0.1, 0.15) is 17.4 Å². The Morgan fingerprint density at radius 1 is 1.19 bits per heavy atom. The Bertz CT molecular complexity index is 868. The molecule has 2 N–H and O–H groups in total. The number of nitriles is 1. The summed E-state index contributed by atoms with van der Waals surface area (Å²) >= 11 is 0. The van der Waals surface area contributed by atoms with E-state index in [0.717, 1.165) is 11.1 Å². The molecule has 5 nitrogen and oxygen atoms in total. The van der Waals surface area contributed by atoms with E-state index in [1.165, 1.54) is 0 Å². The molecule has 0 aliphatic heterocycles. The number of nitrogens with two attached hydrogens (primary N) is 1. The maximum absolute atomic E-state index is 9.14. The maximum Gasteiger partial charge on any atom is 0.237 e. The molecule has 3 aromatic rings. The summed E-state index contributed by atoms with van der Waals surface area (Å²) in [6.07, 6.45) is 1.67. The third-order valence-corrected chi connectivity index (χ3v) is 3.09. The molecule has 0 radical (unpaired) electrons. The molecule has 0 aliphatic rings. The summed E-state index contributed by atoms with van der Waals surface area (Å²) in [5.41, 5.74) is 8.32. The van der Waals surface area contributed by atoms with Gasteiger partial charge in [-0.1, -0.05) is 0 Å². The van der Waals surface area contributed by atoms with Gasteiger partial charge in [0.25, 0.3) is 0 Å². The molecule has 3 rings (SSSR count). The summed E-state index contributed by atoms with van der Waals surface area (Å²) in [6, 6.07) is 12.7. The van der Waals surface area contributed by atoms with Crippen LogP contribution in [0.5, 0.6) is 11.6 Å². The summed E-state index contributed by atoms with van der Waals surface area (Å²) in [4.78, 5) is 8.52. The maximum atomic E-state index is 9.14. The molecule has 0 atom stereocenters. The number of benzene rings is 1. The zero-order valence-corrected chi connectivity index (χ0v) is 11.4. The number of nitrogen functional groups attached to an aromatic ring is 1. The van der Waals surface area contributed by atoms with Crippen LogP contribution < -0.4 is 10.5 Å².